The fraction of sp³-hybridized carbons (Fsp3) is 0.0455. The summed E-state index contributed by atoms with van der Waals surface area (Å²) in [6.45, 7) is 1.86. The van der Waals surface area contributed by atoms with Crippen LogP contribution in [0.2, 0.25) is 0 Å². The highest BCUT2D eigenvalue weighted by Gasteiger charge is 2.29. The van der Waals surface area contributed by atoms with Crippen molar-refractivity contribution in [1.82, 2.24) is 5.32 Å². The minimum absolute atomic E-state index is 0.114. The normalized spacial score (nSPS) is 12.8. The number of amides is 3. The molecule has 0 unspecified atom stereocenters. The van der Waals surface area contributed by atoms with Gasteiger partial charge in [0, 0.05) is 11.3 Å². The van der Waals surface area contributed by atoms with E-state index < -0.39 is 27.7 Å². The first-order valence-electron chi connectivity index (χ1n) is 9.24. The molecule has 3 amide bonds. The Labute approximate surface area is 178 Å². The molecule has 0 fully saturated rings. The molecular formula is C22H17N3O5S. The molecule has 1 heterocycles. The van der Waals surface area contributed by atoms with Gasteiger partial charge in [0.2, 0.25) is 0 Å². The third-order valence-electron chi connectivity index (χ3n) is 4.74. The summed E-state index contributed by atoms with van der Waals surface area (Å²) < 4.78 is 27.4. The molecule has 0 bridgehead atoms. The van der Waals surface area contributed by atoms with Gasteiger partial charge in [0.1, 0.15) is 0 Å². The SMILES string of the molecule is Cc1ccc(S(=O)(=O)Nc2ccc(C(=O)Nc3cccc4c3C(=O)NC4=O)cc2)cc1. The molecule has 3 aromatic rings. The number of hydrogen-bond donors (Lipinski definition) is 3. The molecular weight excluding hydrogens is 418 g/mol. The lowest BCUT2D eigenvalue weighted by molar-refractivity contribution is 0.0879. The Balaban J connectivity index is 1.50. The van der Waals surface area contributed by atoms with Gasteiger partial charge in [-0.05, 0) is 55.5 Å². The van der Waals surface area contributed by atoms with Gasteiger partial charge in [0.05, 0.1) is 21.7 Å². The Bertz CT molecular complexity index is 1310. The molecule has 1 aliphatic rings. The Morgan fingerprint density at radius 1 is 0.871 bits per heavy atom. The van der Waals surface area contributed by atoms with Crippen LogP contribution in [0.5, 0.6) is 0 Å². The largest absolute Gasteiger partial charge is 0.321 e. The van der Waals surface area contributed by atoms with E-state index in [1.54, 1.807) is 18.2 Å². The maximum Gasteiger partial charge on any atom is 0.261 e. The van der Waals surface area contributed by atoms with E-state index in [1.807, 2.05) is 6.92 Å². The van der Waals surface area contributed by atoms with Gasteiger partial charge < -0.3 is 5.32 Å². The van der Waals surface area contributed by atoms with Crippen molar-refractivity contribution in [2.24, 2.45) is 0 Å². The predicted octanol–water partition coefficient (Wildman–Crippen LogP) is 2.93. The van der Waals surface area contributed by atoms with E-state index in [2.05, 4.69) is 15.4 Å². The van der Waals surface area contributed by atoms with E-state index in [0.717, 1.165) is 5.56 Å². The third kappa shape index (κ3) is 4.03. The van der Waals surface area contributed by atoms with Crippen molar-refractivity contribution in [2.45, 2.75) is 11.8 Å². The Morgan fingerprint density at radius 3 is 2.23 bits per heavy atom. The van der Waals surface area contributed by atoms with Crippen molar-refractivity contribution in [1.29, 1.82) is 0 Å². The monoisotopic (exact) mass is 435 g/mol. The van der Waals surface area contributed by atoms with Crippen molar-refractivity contribution in [2.75, 3.05) is 10.0 Å². The maximum absolute atomic E-state index is 12.6. The lowest BCUT2D eigenvalue weighted by Gasteiger charge is -2.10. The van der Waals surface area contributed by atoms with Gasteiger partial charge in [-0.15, -0.1) is 0 Å². The fourth-order valence-electron chi connectivity index (χ4n) is 3.14. The molecule has 1 aliphatic heterocycles. The van der Waals surface area contributed by atoms with Crippen LogP contribution in [0.3, 0.4) is 0 Å². The van der Waals surface area contributed by atoms with Crippen LogP contribution in [0.15, 0.2) is 71.6 Å². The lowest BCUT2D eigenvalue weighted by atomic mass is 10.1. The van der Waals surface area contributed by atoms with E-state index >= 15 is 0 Å². The number of hydrogen-bond acceptors (Lipinski definition) is 5. The van der Waals surface area contributed by atoms with Crippen LogP contribution in [-0.2, 0) is 10.0 Å². The number of rotatable bonds is 5. The van der Waals surface area contributed by atoms with Crippen molar-refractivity contribution in [3.05, 3.63) is 89.0 Å². The quantitative estimate of drug-likeness (QED) is 0.532. The molecule has 4 rings (SSSR count). The van der Waals surface area contributed by atoms with Crippen molar-refractivity contribution in [3.63, 3.8) is 0 Å². The summed E-state index contributed by atoms with van der Waals surface area (Å²) in [5.74, 6) is -1.59. The molecule has 3 N–H and O–H groups in total. The van der Waals surface area contributed by atoms with Crippen molar-refractivity contribution in [3.8, 4) is 0 Å². The Morgan fingerprint density at radius 2 is 1.55 bits per heavy atom. The number of imide groups is 1. The maximum atomic E-state index is 12.6. The zero-order valence-electron chi connectivity index (χ0n) is 16.3. The summed E-state index contributed by atoms with van der Waals surface area (Å²) in [6, 6.07) is 16.9. The molecule has 3 aromatic carbocycles. The lowest BCUT2D eigenvalue weighted by Crippen LogP contribution is -2.21. The molecule has 0 aliphatic carbocycles. The van der Waals surface area contributed by atoms with Gasteiger partial charge in [-0.3, -0.25) is 24.4 Å². The summed E-state index contributed by atoms with van der Waals surface area (Å²) in [4.78, 5) is 36.4. The summed E-state index contributed by atoms with van der Waals surface area (Å²) in [5, 5.41) is 4.80. The van der Waals surface area contributed by atoms with Crippen LogP contribution in [0.25, 0.3) is 0 Å². The van der Waals surface area contributed by atoms with Gasteiger partial charge in [0.25, 0.3) is 27.7 Å². The molecule has 0 saturated heterocycles. The van der Waals surface area contributed by atoms with Crippen LogP contribution < -0.4 is 15.4 Å². The van der Waals surface area contributed by atoms with Gasteiger partial charge in [-0.25, -0.2) is 8.42 Å². The molecule has 0 radical (unpaired) electrons. The zero-order valence-corrected chi connectivity index (χ0v) is 17.1. The summed E-state index contributed by atoms with van der Waals surface area (Å²) >= 11 is 0. The van der Waals surface area contributed by atoms with Gasteiger partial charge in [0.15, 0.2) is 0 Å². The second-order valence-corrected chi connectivity index (χ2v) is 8.64. The number of fused-ring (bicyclic) bond motifs is 1. The van der Waals surface area contributed by atoms with Crippen LogP contribution in [0.4, 0.5) is 11.4 Å². The van der Waals surface area contributed by atoms with Crippen LogP contribution >= 0.6 is 0 Å². The van der Waals surface area contributed by atoms with Gasteiger partial charge >= 0.3 is 0 Å². The Kier molecular flexibility index (Phi) is 5.04. The predicted molar refractivity (Wildman–Crippen MR) is 115 cm³/mol. The topological polar surface area (TPSA) is 121 Å². The minimum Gasteiger partial charge on any atom is -0.321 e. The van der Waals surface area contributed by atoms with Crippen molar-refractivity contribution >= 4 is 39.1 Å². The van der Waals surface area contributed by atoms with Crippen LogP contribution in [-0.4, -0.2) is 26.1 Å². The first-order valence-corrected chi connectivity index (χ1v) is 10.7. The molecule has 0 saturated carbocycles. The number of nitrogens with one attached hydrogen (secondary N) is 3. The number of carbonyl (C=O) groups is 3. The summed E-state index contributed by atoms with van der Waals surface area (Å²) in [5.41, 5.74) is 2.02. The molecule has 31 heavy (non-hydrogen) atoms. The van der Waals surface area contributed by atoms with Gasteiger partial charge in [-0.1, -0.05) is 23.8 Å². The highest BCUT2D eigenvalue weighted by Crippen LogP contribution is 2.25. The van der Waals surface area contributed by atoms with E-state index in [9.17, 15) is 22.8 Å². The minimum atomic E-state index is -3.76. The molecule has 9 heteroatoms. The molecule has 0 spiro atoms. The highest BCUT2D eigenvalue weighted by atomic mass is 32.2. The van der Waals surface area contributed by atoms with E-state index in [0.29, 0.717) is 5.69 Å². The summed E-state index contributed by atoms with van der Waals surface area (Å²) in [7, 11) is -3.76. The molecule has 0 atom stereocenters. The number of aryl methyl sites for hydroxylation is 1. The first kappa shape index (κ1) is 20.3. The van der Waals surface area contributed by atoms with E-state index in [-0.39, 0.29) is 27.3 Å². The molecule has 0 aromatic heterocycles. The third-order valence-corrected chi connectivity index (χ3v) is 6.14. The standard InChI is InChI=1S/C22H17N3O5S/c1-13-5-11-16(12-6-13)31(29,30)25-15-9-7-14(8-10-15)20(26)23-18-4-2-3-17-19(18)22(28)24-21(17)27/h2-12,25H,1H3,(H,23,26)(H,24,27,28). The average molecular weight is 435 g/mol. The highest BCUT2D eigenvalue weighted by molar-refractivity contribution is 7.92. The second kappa shape index (κ2) is 7.69. The summed E-state index contributed by atoms with van der Waals surface area (Å²) in [6.07, 6.45) is 0. The molecule has 156 valence electrons. The number of anilines is 2. The second-order valence-electron chi connectivity index (χ2n) is 6.96. The number of carbonyl (C=O) groups excluding carboxylic acids is 3. The van der Waals surface area contributed by atoms with Gasteiger partial charge in [-0.2, -0.15) is 0 Å². The molecule has 8 nitrogen and oxygen atoms in total. The average Bonchev–Trinajstić information content (AvgIpc) is 3.03. The zero-order chi connectivity index (χ0) is 22.2. The fourth-order valence-corrected chi connectivity index (χ4v) is 4.20. The smallest absolute Gasteiger partial charge is 0.261 e. The van der Waals surface area contributed by atoms with Crippen LogP contribution in [0.1, 0.15) is 36.6 Å². The Hall–Kier alpha value is -3.98. The van der Waals surface area contributed by atoms with E-state index in [1.165, 1.54) is 48.5 Å². The first-order chi connectivity index (χ1) is 14.7. The van der Waals surface area contributed by atoms with Crippen molar-refractivity contribution < 1.29 is 22.8 Å². The number of benzene rings is 3. The van der Waals surface area contributed by atoms with Crippen LogP contribution in [0, 0.1) is 6.92 Å². The van der Waals surface area contributed by atoms with E-state index in [4.69, 9.17) is 0 Å². The number of sulfonamides is 1.